The van der Waals surface area contributed by atoms with E-state index < -0.39 is 58.9 Å². The highest BCUT2D eigenvalue weighted by molar-refractivity contribution is 5.99. The molecule has 33 heavy (non-hydrogen) atoms. The van der Waals surface area contributed by atoms with Crippen molar-refractivity contribution in [1.29, 1.82) is 0 Å². The molecule has 2 heterocycles. The van der Waals surface area contributed by atoms with Crippen molar-refractivity contribution in [2.24, 2.45) is 17.3 Å². The average Bonchev–Trinajstić information content (AvgIpc) is 2.77. The Morgan fingerprint density at radius 2 is 1.94 bits per heavy atom. The summed E-state index contributed by atoms with van der Waals surface area (Å²) in [4.78, 5) is 70.9. The lowest BCUT2D eigenvalue weighted by Crippen LogP contribution is -2.50. The van der Waals surface area contributed by atoms with Crippen LogP contribution in [-0.4, -0.2) is 58.8 Å². The Bertz CT molecular complexity index is 934. The summed E-state index contributed by atoms with van der Waals surface area (Å²) in [5.74, 6) is -3.89. The second-order valence-corrected chi connectivity index (χ2v) is 8.92. The molecule has 0 N–H and O–H groups in total. The molecule has 3 rings (SSSR count). The van der Waals surface area contributed by atoms with Gasteiger partial charge in [-0.1, -0.05) is 13.3 Å². The van der Waals surface area contributed by atoms with Crippen LogP contribution in [0, 0.1) is 17.3 Å². The summed E-state index contributed by atoms with van der Waals surface area (Å²) in [5, 5.41) is 0. The summed E-state index contributed by atoms with van der Waals surface area (Å²) in [6.07, 6.45) is 3.13. The van der Waals surface area contributed by atoms with E-state index in [-0.39, 0.29) is 25.0 Å². The van der Waals surface area contributed by atoms with Crippen LogP contribution in [0.25, 0.3) is 0 Å². The maximum absolute atomic E-state index is 13.2. The van der Waals surface area contributed by atoms with Gasteiger partial charge in [-0.3, -0.25) is 29.0 Å². The molecular weight excluding hydrogens is 432 g/mol. The van der Waals surface area contributed by atoms with E-state index in [1.54, 1.807) is 6.92 Å². The fraction of sp³-hybridized carbons (Fsp3) is 0.609. The van der Waals surface area contributed by atoms with Crippen molar-refractivity contribution in [2.75, 3.05) is 7.11 Å². The number of Topliss-reactive ketones (excluding diaryl/α,β-unsaturated/α-hetero) is 2. The zero-order valence-corrected chi connectivity index (χ0v) is 18.9. The highest BCUT2D eigenvalue weighted by Crippen LogP contribution is 2.46. The number of aromatic nitrogens is 2. The summed E-state index contributed by atoms with van der Waals surface area (Å²) < 4.78 is 15.6. The van der Waals surface area contributed by atoms with Crippen molar-refractivity contribution in [3.8, 4) is 0 Å². The first kappa shape index (κ1) is 24.5. The van der Waals surface area contributed by atoms with Gasteiger partial charge in [0.1, 0.15) is 5.69 Å². The van der Waals surface area contributed by atoms with Crippen LogP contribution in [0.5, 0.6) is 0 Å². The van der Waals surface area contributed by atoms with E-state index in [0.717, 1.165) is 0 Å². The predicted octanol–water partition coefficient (Wildman–Crippen LogP) is 1.85. The lowest BCUT2D eigenvalue weighted by molar-refractivity contribution is -0.172. The molecule has 5 unspecified atom stereocenters. The Labute approximate surface area is 191 Å². The molecule has 1 saturated heterocycles. The van der Waals surface area contributed by atoms with Crippen LogP contribution >= 0.6 is 0 Å². The lowest BCUT2D eigenvalue weighted by atomic mass is 9.65. The quantitative estimate of drug-likeness (QED) is 0.371. The summed E-state index contributed by atoms with van der Waals surface area (Å²) in [5.41, 5.74) is -0.826. The Morgan fingerprint density at radius 1 is 1.18 bits per heavy atom. The zero-order chi connectivity index (χ0) is 24.2. The third-order valence-electron chi connectivity index (χ3n) is 6.47. The molecule has 1 aliphatic heterocycles. The molecule has 10 heteroatoms. The molecule has 2 aliphatic rings. The highest BCUT2D eigenvalue weighted by atomic mass is 16.6. The number of esters is 3. The number of hydrogen-bond donors (Lipinski definition) is 0. The Kier molecular flexibility index (Phi) is 7.55. The molecule has 1 aliphatic carbocycles. The minimum Gasteiger partial charge on any atom is -0.469 e. The first-order valence-corrected chi connectivity index (χ1v) is 10.9. The van der Waals surface area contributed by atoms with Gasteiger partial charge in [-0.05, 0) is 24.7 Å². The van der Waals surface area contributed by atoms with Crippen molar-refractivity contribution in [3.05, 3.63) is 24.3 Å². The molecule has 1 aromatic heterocycles. The van der Waals surface area contributed by atoms with Crippen LogP contribution in [0.1, 0.15) is 62.9 Å². The fourth-order valence-electron chi connectivity index (χ4n) is 4.80. The standard InChI is InChI=1S/C23H28N2O8/c1-13(26)32-18-9-14(21(29)31-3)5-4-6-15-22(30)33-19(11-23(15,2)10-17(18)27)20(28)16-12-24-7-8-25-16/h7-8,12,14-15,18-19H,4-6,9-11H2,1-3H3. The SMILES string of the molecule is COC(=O)C1CCCC2C(=O)OC(C(=O)c3cnccn3)CC2(C)CC(=O)C(OC(C)=O)C1. The molecule has 0 radical (unpaired) electrons. The number of fused-ring (bicyclic) bond motifs is 1. The van der Waals surface area contributed by atoms with E-state index in [2.05, 4.69) is 9.97 Å². The van der Waals surface area contributed by atoms with Crippen molar-refractivity contribution in [2.45, 2.75) is 64.6 Å². The molecular formula is C23H28N2O8. The van der Waals surface area contributed by atoms with Gasteiger partial charge in [0.05, 0.1) is 25.1 Å². The Morgan fingerprint density at radius 3 is 2.58 bits per heavy atom. The number of rotatable bonds is 4. The topological polar surface area (TPSA) is 139 Å². The molecule has 0 bridgehead atoms. The third-order valence-corrected chi connectivity index (χ3v) is 6.47. The van der Waals surface area contributed by atoms with E-state index >= 15 is 0 Å². The van der Waals surface area contributed by atoms with Crippen LogP contribution in [0.4, 0.5) is 0 Å². The minimum absolute atomic E-state index is 0.0121. The average molecular weight is 460 g/mol. The molecule has 1 aromatic rings. The van der Waals surface area contributed by atoms with Crippen LogP contribution in [-0.2, 0) is 33.4 Å². The Hall–Kier alpha value is -3.17. The molecule has 10 nitrogen and oxygen atoms in total. The van der Waals surface area contributed by atoms with E-state index in [1.165, 1.54) is 32.6 Å². The molecule has 2 fully saturated rings. The second kappa shape index (κ2) is 10.2. The molecule has 0 spiro atoms. The lowest BCUT2D eigenvalue weighted by Gasteiger charge is -2.43. The van der Waals surface area contributed by atoms with Gasteiger partial charge in [0, 0.05) is 32.2 Å². The van der Waals surface area contributed by atoms with Gasteiger partial charge >= 0.3 is 17.9 Å². The summed E-state index contributed by atoms with van der Waals surface area (Å²) in [6.45, 7) is 2.97. The van der Waals surface area contributed by atoms with E-state index in [0.29, 0.717) is 19.3 Å². The number of carbonyl (C=O) groups excluding carboxylic acids is 5. The summed E-state index contributed by atoms with van der Waals surface area (Å²) in [7, 11) is 1.26. The maximum atomic E-state index is 13.2. The van der Waals surface area contributed by atoms with Gasteiger partial charge in [-0.2, -0.15) is 0 Å². The van der Waals surface area contributed by atoms with E-state index in [1.807, 2.05) is 0 Å². The predicted molar refractivity (Wildman–Crippen MR) is 112 cm³/mol. The minimum atomic E-state index is -1.14. The molecule has 5 atom stereocenters. The highest BCUT2D eigenvalue weighted by Gasteiger charge is 2.51. The number of methoxy groups -OCH3 is 1. The first-order valence-electron chi connectivity index (χ1n) is 10.9. The van der Waals surface area contributed by atoms with Gasteiger partial charge in [0.25, 0.3) is 0 Å². The third kappa shape index (κ3) is 5.61. The van der Waals surface area contributed by atoms with Gasteiger partial charge < -0.3 is 14.2 Å². The van der Waals surface area contributed by atoms with E-state index in [4.69, 9.17) is 14.2 Å². The second-order valence-electron chi connectivity index (χ2n) is 8.92. The largest absolute Gasteiger partial charge is 0.469 e. The summed E-state index contributed by atoms with van der Waals surface area (Å²) in [6, 6.07) is 0. The monoisotopic (exact) mass is 460 g/mol. The van der Waals surface area contributed by atoms with Crippen LogP contribution in [0.2, 0.25) is 0 Å². The van der Waals surface area contributed by atoms with Crippen LogP contribution < -0.4 is 0 Å². The van der Waals surface area contributed by atoms with Gasteiger partial charge in [0.15, 0.2) is 18.0 Å². The first-order chi connectivity index (χ1) is 15.6. The fourth-order valence-corrected chi connectivity index (χ4v) is 4.80. The number of cyclic esters (lactones) is 1. The van der Waals surface area contributed by atoms with Crippen molar-refractivity contribution >= 4 is 29.5 Å². The van der Waals surface area contributed by atoms with Gasteiger partial charge in [0.2, 0.25) is 5.78 Å². The van der Waals surface area contributed by atoms with Crippen LogP contribution in [0.15, 0.2) is 18.6 Å². The smallest absolute Gasteiger partial charge is 0.310 e. The number of hydrogen-bond acceptors (Lipinski definition) is 10. The van der Waals surface area contributed by atoms with E-state index in [9.17, 15) is 24.0 Å². The zero-order valence-electron chi connectivity index (χ0n) is 18.9. The van der Waals surface area contributed by atoms with Crippen molar-refractivity contribution < 1.29 is 38.2 Å². The molecule has 0 amide bonds. The summed E-state index contributed by atoms with van der Waals surface area (Å²) >= 11 is 0. The Balaban J connectivity index is 1.89. The number of ether oxygens (including phenoxy) is 3. The maximum Gasteiger partial charge on any atom is 0.310 e. The van der Waals surface area contributed by atoms with Crippen LogP contribution in [0.3, 0.4) is 0 Å². The molecule has 0 aromatic carbocycles. The van der Waals surface area contributed by atoms with Gasteiger partial charge in [-0.15, -0.1) is 0 Å². The number of nitrogens with zero attached hydrogens (tertiary/aromatic N) is 2. The molecule has 1 saturated carbocycles. The normalized spacial score (nSPS) is 30.4. The number of ketones is 2. The number of carbonyl (C=O) groups is 5. The molecule has 178 valence electrons. The van der Waals surface area contributed by atoms with Crippen molar-refractivity contribution in [3.63, 3.8) is 0 Å². The van der Waals surface area contributed by atoms with Gasteiger partial charge in [-0.25, -0.2) is 4.98 Å². The van der Waals surface area contributed by atoms with Crippen molar-refractivity contribution in [1.82, 2.24) is 9.97 Å².